The lowest BCUT2D eigenvalue weighted by atomic mass is 9.72. The highest BCUT2D eigenvalue weighted by molar-refractivity contribution is 5.59. The molecule has 0 unspecified atom stereocenters. The summed E-state index contributed by atoms with van der Waals surface area (Å²) in [4.78, 5) is 4.62. The van der Waals surface area contributed by atoms with Crippen LogP contribution in [0.2, 0.25) is 0 Å². The van der Waals surface area contributed by atoms with E-state index < -0.39 is 0 Å². The van der Waals surface area contributed by atoms with Crippen LogP contribution in [0.5, 0.6) is 5.75 Å². The first-order valence-electron chi connectivity index (χ1n) is 8.57. The molecule has 2 aromatic rings. The second-order valence-corrected chi connectivity index (χ2v) is 6.87. The maximum Gasteiger partial charge on any atom is 0.227 e. The van der Waals surface area contributed by atoms with Crippen molar-refractivity contribution in [3.63, 3.8) is 0 Å². The fourth-order valence-electron chi connectivity index (χ4n) is 3.85. The Morgan fingerprint density at radius 1 is 1.17 bits per heavy atom. The Hall–Kier alpha value is -1.88. The van der Waals surface area contributed by atoms with E-state index in [4.69, 9.17) is 15.0 Å². The summed E-state index contributed by atoms with van der Waals surface area (Å²) < 4.78 is 11.1. The molecule has 5 nitrogen and oxygen atoms in total. The van der Waals surface area contributed by atoms with Gasteiger partial charge in [0.2, 0.25) is 11.7 Å². The quantitative estimate of drug-likeness (QED) is 0.938. The highest BCUT2D eigenvalue weighted by atomic mass is 16.5. The average molecular weight is 313 g/mol. The van der Waals surface area contributed by atoms with Crippen molar-refractivity contribution < 1.29 is 9.26 Å². The third-order valence-corrected chi connectivity index (χ3v) is 5.29. The molecule has 1 saturated carbocycles. The topological polar surface area (TPSA) is 74.2 Å². The molecule has 4 rings (SSSR count). The molecule has 1 aromatic carbocycles. The minimum Gasteiger partial charge on any atom is -0.493 e. The Labute approximate surface area is 136 Å². The van der Waals surface area contributed by atoms with Crippen LogP contribution in [0.3, 0.4) is 0 Å². The van der Waals surface area contributed by atoms with Crippen molar-refractivity contribution in [3.05, 3.63) is 29.7 Å². The van der Waals surface area contributed by atoms with Crippen LogP contribution in [0.25, 0.3) is 11.4 Å². The van der Waals surface area contributed by atoms with Gasteiger partial charge in [-0.25, -0.2) is 0 Å². The van der Waals surface area contributed by atoms with Gasteiger partial charge in [0.05, 0.1) is 6.61 Å². The third-order valence-electron chi connectivity index (χ3n) is 5.29. The summed E-state index contributed by atoms with van der Waals surface area (Å²) in [5.41, 5.74) is 8.43. The molecule has 0 bridgehead atoms. The van der Waals surface area contributed by atoms with Crippen molar-refractivity contribution in [2.24, 2.45) is 11.1 Å². The lowest BCUT2D eigenvalue weighted by Crippen LogP contribution is -2.35. The molecule has 1 aliphatic carbocycles. The fourth-order valence-corrected chi connectivity index (χ4v) is 3.85. The number of hydrogen-bond donors (Lipinski definition) is 1. The monoisotopic (exact) mass is 313 g/mol. The van der Waals surface area contributed by atoms with Crippen molar-refractivity contribution >= 4 is 0 Å². The molecule has 2 aliphatic rings. The molecule has 2 heterocycles. The predicted octanol–water partition coefficient (Wildman–Crippen LogP) is 3.12. The summed E-state index contributed by atoms with van der Waals surface area (Å²) in [6.45, 7) is 1.45. The molecule has 1 fully saturated rings. The van der Waals surface area contributed by atoms with Crippen molar-refractivity contribution in [2.75, 3.05) is 13.2 Å². The molecule has 23 heavy (non-hydrogen) atoms. The van der Waals surface area contributed by atoms with E-state index in [0.29, 0.717) is 18.3 Å². The van der Waals surface area contributed by atoms with Gasteiger partial charge in [0.1, 0.15) is 5.75 Å². The number of aromatic nitrogens is 2. The van der Waals surface area contributed by atoms with Gasteiger partial charge in [-0.2, -0.15) is 4.98 Å². The lowest BCUT2D eigenvalue weighted by Gasteiger charge is -2.34. The molecule has 0 amide bonds. The number of hydrogen-bond acceptors (Lipinski definition) is 5. The summed E-state index contributed by atoms with van der Waals surface area (Å²) in [5, 5.41) is 4.18. The van der Waals surface area contributed by atoms with Crippen molar-refractivity contribution in [2.45, 2.75) is 44.9 Å². The van der Waals surface area contributed by atoms with E-state index in [-0.39, 0.29) is 5.41 Å². The molecule has 0 saturated heterocycles. The Kier molecular flexibility index (Phi) is 3.81. The minimum absolute atomic E-state index is 0.147. The van der Waals surface area contributed by atoms with Gasteiger partial charge in [0, 0.05) is 18.4 Å². The van der Waals surface area contributed by atoms with Crippen molar-refractivity contribution in [3.8, 4) is 17.1 Å². The SMILES string of the molecule is NCC1(Cc2nc(-c3ccc4c(c3)CCO4)no2)CCCCC1. The normalized spacial score (nSPS) is 19.3. The first-order valence-corrected chi connectivity index (χ1v) is 8.57. The Morgan fingerprint density at radius 3 is 2.87 bits per heavy atom. The number of nitrogens with two attached hydrogens (primary N) is 1. The molecule has 0 spiro atoms. The van der Waals surface area contributed by atoms with Crippen LogP contribution in [-0.4, -0.2) is 23.3 Å². The molecule has 2 N–H and O–H groups in total. The molecular weight excluding hydrogens is 290 g/mol. The van der Waals surface area contributed by atoms with E-state index >= 15 is 0 Å². The molecular formula is C18H23N3O2. The van der Waals surface area contributed by atoms with Crippen LogP contribution in [-0.2, 0) is 12.8 Å². The standard InChI is InChI=1S/C18H23N3O2/c19-12-18(7-2-1-3-8-18)11-16-20-17(21-23-16)14-4-5-15-13(10-14)6-9-22-15/h4-5,10H,1-3,6-9,11-12,19H2. The number of fused-ring (bicyclic) bond motifs is 1. The second-order valence-electron chi connectivity index (χ2n) is 6.87. The van der Waals surface area contributed by atoms with E-state index in [1.165, 1.54) is 24.8 Å². The highest BCUT2D eigenvalue weighted by Crippen LogP contribution is 2.38. The van der Waals surface area contributed by atoms with Crippen LogP contribution in [0.15, 0.2) is 22.7 Å². The molecule has 1 aliphatic heterocycles. The lowest BCUT2D eigenvalue weighted by molar-refractivity contribution is 0.177. The van der Waals surface area contributed by atoms with Gasteiger partial charge in [-0.3, -0.25) is 0 Å². The summed E-state index contributed by atoms with van der Waals surface area (Å²) in [6.07, 6.45) is 7.89. The summed E-state index contributed by atoms with van der Waals surface area (Å²) in [6, 6.07) is 6.10. The zero-order valence-corrected chi connectivity index (χ0v) is 13.4. The van der Waals surface area contributed by atoms with Gasteiger partial charge in [-0.1, -0.05) is 24.4 Å². The Morgan fingerprint density at radius 2 is 2.04 bits per heavy atom. The van der Waals surface area contributed by atoms with Gasteiger partial charge in [-0.15, -0.1) is 0 Å². The van der Waals surface area contributed by atoms with E-state index in [9.17, 15) is 0 Å². The van der Waals surface area contributed by atoms with Crippen molar-refractivity contribution in [1.82, 2.24) is 10.1 Å². The van der Waals surface area contributed by atoms with Crippen LogP contribution < -0.4 is 10.5 Å². The first kappa shape index (κ1) is 14.7. The highest BCUT2D eigenvalue weighted by Gasteiger charge is 2.33. The average Bonchev–Trinajstić information content (AvgIpc) is 3.24. The number of rotatable bonds is 4. The molecule has 0 radical (unpaired) electrons. The molecule has 1 aromatic heterocycles. The summed E-state index contributed by atoms with van der Waals surface area (Å²) in [5.74, 6) is 2.35. The van der Waals surface area contributed by atoms with Gasteiger partial charge < -0.3 is 15.0 Å². The second kappa shape index (κ2) is 5.96. The third kappa shape index (κ3) is 2.85. The van der Waals surface area contributed by atoms with E-state index in [1.54, 1.807) is 0 Å². The van der Waals surface area contributed by atoms with E-state index in [2.05, 4.69) is 16.2 Å². The maximum absolute atomic E-state index is 6.06. The molecule has 5 heteroatoms. The zero-order valence-electron chi connectivity index (χ0n) is 13.4. The zero-order chi connectivity index (χ0) is 15.7. The van der Waals surface area contributed by atoms with Crippen LogP contribution in [0, 0.1) is 5.41 Å². The van der Waals surface area contributed by atoms with Gasteiger partial charge in [-0.05, 0) is 48.6 Å². The fraction of sp³-hybridized carbons (Fsp3) is 0.556. The van der Waals surface area contributed by atoms with Crippen LogP contribution in [0.1, 0.15) is 43.6 Å². The number of nitrogens with zero attached hydrogens (tertiary/aromatic N) is 2. The Bertz CT molecular complexity index is 689. The predicted molar refractivity (Wildman–Crippen MR) is 87.2 cm³/mol. The minimum atomic E-state index is 0.147. The van der Waals surface area contributed by atoms with Gasteiger partial charge >= 0.3 is 0 Å². The first-order chi connectivity index (χ1) is 11.3. The molecule has 122 valence electrons. The van der Waals surface area contributed by atoms with E-state index in [0.717, 1.165) is 43.6 Å². The van der Waals surface area contributed by atoms with Crippen LogP contribution in [0.4, 0.5) is 0 Å². The van der Waals surface area contributed by atoms with Crippen molar-refractivity contribution in [1.29, 1.82) is 0 Å². The smallest absolute Gasteiger partial charge is 0.227 e. The van der Waals surface area contributed by atoms with Gasteiger partial charge in [0.15, 0.2) is 0 Å². The molecule has 0 atom stereocenters. The number of benzene rings is 1. The number of ether oxygens (including phenoxy) is 1. The van der Waals surface area contributed by atoms with Gasteiger partial charge in [0.25, 0.3) is 0 Å². The van der Waals surface area contributed by atoms with Crippen LogP contribution >= 0.6 is 0 Å². The van der Waals surface area contributed by atoms with E-state index in [1.807, 2.05) is 12.1 Å². The largest absolute Gasteiger partial charge is 0.493 e. The summed E-state index contributed by atoms with van der Waals surface area (Å²) >= 11 is 0. The summed E-state index contributed by atoms with van der Waals surface area (Å²) in [7, 11) is 0. The Balaban J connectivity index is 1.54. The maximum atomic E-state index is 6.06.